The third kappa shape index (κ3) is 3.81. The van der Waals surface area contributed by atoms with Gasteiger partial charge in [-0.2, -0.15) is 0 Å². The standard InChI is InChI=1S/C21H23ClN2O3/c1-26-11-10-24-18-4-2-3-5-20(18)27-17-12-19(21(24)25)23(14-17)13-15-6-8-16(22)9-7-15/h2-9,17,19H,10-14H2,1H3/t17-,19-/m0/s1. The number of halogens is 1. The Labute approximate surface area is 164 Å². The number of rotatable bonds is 5. The lowest BCUT2D eigenvalue weighted by Crippen LogP contribution is -2.47. The molecule has 2 aliphatic heterocycles. The molecular weight excluding hydrogens is 364 g/mol. The normalized spacial score (nSPS) is 22.1. The summed E-state index contributed by atoms with van der Waals surface area (Å²) in [5.41, 5.74) is 1.96. The zero-order valence-corrected chi connectivity index (χ0v) is 16.1. The lowest BCUT2D eigenvalue weighted by molar-refractivity contribution is -0.123. The molecule has 5 nitrogen and oxygen atoms in total. The average Bonchev–Trinajstić information content (AvgIpc) is 3.07. The van der Waals surface area contributed by atoms with E-state index in [2.05, 4.69) is 4.90 Å². The van der Waals surface area contributed by atoms with Crippen LogP contribution in [0.25, 0.3) is 0 Å². The summed E-state index contributed by atoms with van der Waals surface area (Å²) in [6, 6.07) is 15.3. The van der Waals surface area contributed by atoms with Crippen molar-refractivity contribution >= 4 is 23.2 Å². The SMILES string of the molecule is COCCN1C(=O)[C@@H]2C[C@@H](CN2Cc2ccc(Cl)cc2)Oc2ccccc21. The van der Waals surface area contributed by atoms with Crippen molar-refractivity contribution < 1.29 is 14.3 Å². The second kappa shape index (κ2) is 7.89. The van der Waals surface area contributed by atoms with E-state index < -0.39 is 0 Å². The maximum Gasteiger partial charge on any atom is 0.244 e. The quantitative estimate of drug-likeness (QED) is 0.790. The lowest BCUT2D eigenvalue weighted by Gasteiger charge is -2.31. The number of anilines is 1. The van der Waals surface area contributed by atoms with Gasteiger partial charge in [0.05, 0.1) is 18.3 Å². The first-order valence-electron chi connectivity index (χ1n) is 9.20. The first-order chi connectivity index (χ1) is 13.2. The molecule has 2 aliphatic rings. The first-order valence-corrected chi connectivity index (χ1v) is 9.58. The fraction of sp³-hybridized carbons (Fsp3) is 0.381. The van der Waals surface area contributed by atoms with Crippen molar-refractivity contribution in [1.82, 2.24) is 4.90 Å². The fourth-order valence-corrected chi connectivity index (χ4v) is 4.00. The molecule has 0 unspecified atom stereocenters. The zero-order valence-electron chi connectivity index (χ0n) is 15.3. The Morgan fingerprint density at radius 2 is 1.96 bits per heavy atom. The number of hydrogen-bond acceptors (Lipinski definition) is 4. The van der Waals surface area contributed by atoms with E-state index in [0.29, 0.717) is 31.1 Å². The number of para-hydroxylation sites is 2. The van der Waals surface area contributed by atoms with Gasteiger partial charge in [0.2, 0.25) is 5.91 Å². The Morgan fingerprint density at radius 1 is 1.19 bits per heavy atom. The highest BCUT2D eigenvalue weighted by molar-refractivity contribution is 6.30. The smallest absolute Gasteiger partial charge is 0.244 e. The monoisotopic (exact) mass is 386 g/mol. The van der Waals surface area contributed by atoms with Crippen LogP contribution in [0.3, 0.4) is 0 Å². The van der Waals surface area contributed by atoms with Gasteiger partial charge in [0.1, 0.15) is 11.9 Å². The molecule has 0 aromatic heterocycles. The highest BCUT2D eigenvalue weighted by Crippen LogP contribution is 2.36. The topological polar surface area (TPSA) is 42.0 Å². The second-order valence-electron chi connectivity index (χ2n) is 7.00. The van der Waals surface area contributed by atoms with Crippen molar-refractivity contribution in [2.75, 3.05) is 31.7 Å². The minimum absolute atomic E-state index is 0.0111. The van der Waals surface area contributed by atoms with Crippen molar-refractivity contribution in [1.29, 1.82) is 0 Å². The number of nitrogens with zero attached hydrogens (tertiary/aromatic N) is 2. The molecule has 0 saturated carbocycles. The van der Waals surface area contributed by atoms with E-state index in [1.54, 1.807) is 12.0 Å². The van der Waals surface area contributed by atoms with Gasteiger partial charge < -0.3 is 14.4 Å². The Kier molecular flexibility index (Phi) is 5.34. The predicted octanol–water partition coefficient (Wildman–Crippen LogP) is 3.35. The summed E-state index contributed by atoms with van der Waals surface area (Å²) in [6.45, 7) is 2.41. The summed E-state index contributed by atoms with van der Waals surface area (Å²) in [6.07, 6.45) is 0.710. The molecule has 0 spiro atoms. The number of benzene rings is 2. The molecule has 2 atom stereocenters. The Morgan fingerprint density at radius 3 is 2.74 bits per heavy atom. The summed E-state index contributed by atoms with van der Waals surface area (Å²) in [7, 11) is 1.65. The molecule has 4 rings (SSSR count). The molecule has 2 bridgehead atoms. The van der Waals surface area contributed by atoms with Crippen LogP contribution in [0.5, 0.6) is 5.75 Å². The van der Waals surface area contributed by atoms with Crippen molar-refractivity contribution in [3.63, 3.8) is 0 Å². The number of fused-ring (bicyclic) bond motifs is 3. The molecule has 0 N–H and O–H groups in total. The van der Waals surface area contributed by atoms with Crippen LogP contribution in [-0.4, -0.2) is 49.8 Å². The molecule has 142 valence electrons. The van der Waals surface area contributed by atoms with E-state index in [0.717, 1.165) is 23.5 Å². The molecular formula is C21H23ClN2O3. The summed E-state index contributed by atoms with van der Waals surface area (Å²) < 4.78 is 11.5. The van der Waals surface area contributed by atoms with Crippen molar-refractivity contribution in [3.8, 4) is 5.75 Å². The number of amides is 1. The van der Waals surface area contributed by atoms with Gasteiger partial charge in [-0.1, -0.05) is 35.9 Å². The molecule has 0 radical (unpaired) electrons. The maximum atomic E-state index is 13.4. The second-order valence-corrected chi connectivity index (χ2v) is 7.43. The summed E-state index contributed by atoms with van der Waals surface area (Å²) >= 11 is 6.00. The molecule has 2 heterocycles. The maximum absolute atomic E-state index is 13.4. The van der Waals surface area contributed by atoms with E-state index in [4.69, 9.17) is 21.1 Å². The van der Waals surface area contributed by atoms with Crippen LogP contribution in [0.2, 0.25) is 5.02 Å². The van der Waals surface area contributed by atoms with Crippen molar-refractivity contribution in [3.05, 3.63) is 59.1 Å². The van der Waals surface area contributed by atoms with Gasteiger partial charge in [-0.3, -0.25) is 9.69 Å². The summed E-state index contributed by atoms with van der Waals surface area (Å²) in [5, 5.41) is 0.716. The van der Waals surface area contributed by atoms with Crippen LogP contribution in [0.15, 0.2) is 48.5 Å². The Balaban J connectivity index is 1.62. The third-order valence-electron chi connectivity index (χ3n) is 5.18. The molecule has 1 amide bonds. The number of hydrogen-bond donors (Lipinski definition) is 0. The van der Waals surface area contributed by atoms with Gasteiger partial charge in [-0.05, 0) is 29.8 Å². The Bertz CT molecular complexity index is 811. The zero-order chi connectivity index (χ0) is 18.8. The van der Waals surface area contributed by atoms with E-state index in [1.165, 1.54) is 0 Å². The van der Waals surface area contributed by atoms with Crippen LogP contribution in [0.4, 0.5) is 5.69 Å². The van der Waals surface area contributed by atoms with Gasteiger partial charge in [-0.15, -0.1) is 0 Å². The molecule has 2 aromatic carbocycles. The summed E-state index contributed by atoms with van der Waals surface area (Å²) in [5.74, 6) is 0.873. The van der Waals surface area contributed by atoms with Crippen molar-refractivity contribution in [2.45, 2.75) is 25.1 Å². The number of methoxy groups -OCH3 is 1. The van der Waals surface area contributed by atoms with E-state index in [1.807, 2.05) is 48.5 Å². The predicted molar refractivity (Wildman–Crippen MR) is 105 cm³/mol. The highest BCUT2D eigenvalue weighted by Gasteiger charge is 2.42. The van der Waals surface area contributed by atoms with Crippen LogP contribution in [-0.2, 0) is 16.1 Å². The summed E-state index contributed by atoms with van der Waals surface area (Å²) in [4.78, 5) is 17.4. The molecule has 0 aliphatic carbocycles. The van der Waals surface area contributed by atoms with E-state index in [9.17, 15) is 4.79 Å². The first kappa shape index (κ1) is 18.3. The lowest BCUT2D eigenvalue weighted by atomic mass is 10.1. The molecule has 27 heavy (non-hydrogen) atoms. The molecule has 6 heteroatoms. The number of ether oxygens (including phenoxy) is 2. The number of likely N-dealkylation sites (tertiary alicyclic amines) is 1. The number of carbonyl (C=O) groups excluding carboxylic acids is 1. The fourth-order valence-electron chi connectivity index (χ4n) is 3.87. The minimum Gasteiger partial charge on any atom is -0.487 e. The van der Waals surface area contributed by atoms with Gasteiger partial charge in [0, 0.05) is 38.2 Å². The number of carbonyl (C=O) groups is 1. The third-order valence-corrected chi connectivity index (χ3v) is 5.44. The molecule has 1 saturated heterocycles. The van der Waals surface area contributed by atoms with E-state index >= 15 is 0 Å². The molecule has 2 aromatic rings. The van der Waals surface area contributed by atoms with Gasteiger partial charge in [0.15, 0.2) is 0 Å². The van der Waals surface area contributed by atoms with Gasteiger partial charge in [0.25, 0.3) is 0 Å². The Hall–Kier alpha value is -2.08. The van der Waals surface area contributed by atoms with Crippen LogP contribution in [0.1, 0.15) is 12.0 Å². The minimum atomic E-state index is -0.198. The van der Waals surface area contributed by atoms with Crippen LogP contribution in [0, 0.1) is 0 Å². The van der Waals surface area contributed by atoms with Crippen LogP contribution < -0.4 is 9.64 Å². The highest BCUT2D eigenvalue weighted by atomic mass is 35.5. The van der Waals surface area contributed by atoms with Gasteiger partial charge in [-0.25, -0.2) is 0 Å². The van der Waals surface area contributed by atoms with Crippen molar-refractivity contribution in [2.24, 2.45) is 0 Å². The molecule has 1 fully saturated rings. The largest absolute Gasteiger partial charge is 0.487 e. The van der Waals surface area contributed by atoms with Crippen LogP contribution >= 0.6 is 11.6 Å². The van der Waals surface area contributed by atoms with Gasteiger partial charge >= 0.3 is 0 Å². The average molecular weight is 387 g/mol. The van der Waals surface area contributed by atoms with E-state index in [-0.39, 0.29) is 18.1 Å².